The SMILES string of the molecule is CN(c1ccccc1)C(CN)c1ccc(C(F)(F)F)cc1. The van der Waals surface area contributed by atoms with Crippen molar-refractivity contribution in [2.45, 2.75) is 12.2 Å². The molecule has 2 aromatic rings. The molecule has 0 amide bonds. The van der Waals surface area contributed by atoms with Crippen LogP contribution in [0.5, 0.6) is 0 Å². The first-order valence-electron chi connectivity index (χ1n) is 6.58. The first-order valence-corrected chi connectivity index (χ1v) is 6.58. The van der Waals surface area contributed by atoms with Crippen LogP contribution in [0.1, 0.15) is 17.2 Å². The monoisotopic (exact) mass is 294 g/mol. The molecule has 2 aromatic carbocycles. The lowest BCUT2D eigenvalue weighted by Crippen LogP contribution is -2.30. The summed E-state index contributed by atoms with van der Waals surface area (Å²) in [6.45, 7) is 0.316. The molecule has 0 aliphatic heterocycles. The molecule has 0 radical (unpaired) electrons. The molecule has 0 fully saturated rings. The Bertz CT molecular complexity index is 564. The number of rotatable bonds is 4. The Kier molecular flexibility index (Phi) is 4.53. The molecule has 1 unspecified atom stereocenters. The summed E-state index contributed by atoms with van der Waals surface area (Å²) in [6, 6.07) is 14.6. The number of hydrogen-bond acceptors (Lipinski definition) is 2. The largest absolute Gasteiger partial charge is 0.416 e. The second-order valence-corrected chi connectivity index (χ2v) is 4.82. The fourth-order valence-corrected chi connectivity index (χ4v) is 2.26. The number of hydrogen-bond donors (Lipinski definition) is 1. The highest BCUT2D eigenvalue weighted by Crippen LogP contribution is 2.31. The molecule has 0 saturated heterocycles. The molecule has 2 rings (SSSR count). The third-order valence-corrected chi connectivity index (χ3v) is 3.48. The van der Waals surface area contributed by atoms with Gasteiger partial charge in [0.2, 0.25) is 0 Å². The van der Waals surface area contributed by atoms with E-state index in [-0.39, 0.29) is 6.04 Å². The van der Waals surface area contributed by atoms with Crippen molar-refractivity contribution in [3.8, 4) is 0 Å². The van der Waals surface area contributed by atoms with Crippen LogP contribution >= 0.6 is 0 Å². The van der Waals surface area contributed by atoms with Gasteiger partial charge >= 0.3 is 6.18 Å². The summed E-state index contributed by atoms with van der Waals surface area (Å²) < 4.78 is 37.8. The Balaban J connectivity index is 2.25. The molecule has 2 N–H and O–H groups in total. The van der Waals surface area contributed by atoms with E-state index < -0.39 is 11.7 Å². The van der Waals surface area contributed by atoms with Crippen LogP contribution < -0.4 is 10.6 Å². The van der Waals surface area contributed by atoms with Crippen LogP contribution in [0.3, 0.4) is 0 Å². The van der Waals surface area contributed by atoms with Gasteiger partial charge in [0.05, 0.1) is 11.6 Å². The Hall–Kier alpha value is -2.01. The predicted molar refractivity (Wildman–Crippen MR) is 78.1 cm³/mol. The average Bonchev–Trinajstić information content (AvgIpc) is 2.48. The van der Waals surface area contributed by atoms with Crippen LogP contribution in [-0.2, 0) is 6.18 Å². The highest BCUT2D eigenvalue weighted by Gasteiger charge is 2.30. The highest BCUT2D eigenvalue weighted by molar-refractivity contribution is 5.48. The summed E-state index contributed by atoms with van der Waals surface area (Å²) in [7, 11) is 1.88. The van der Waals surface area contributed by atoms with Crippen LogP contribution in [0.2, 0.25) is 0 Å². The predicted octanol–water partition coefficient (Wildman–Crippen LogP) is 3.84. The van der Waals surface area contributed by atoms with E-state index in [9.17, 15) is 13.2 Å². The van der Waals surface area contributed by atoms with E-state index in [0.717, 1.165) is 23.4 Å². The van der Waals surface area contributed by atoms with Crippen LogP contribution in [0.25, 0.3) is 0 Å². The van der Waals surface area contributed by atoms with Gasteiger partial charge < -0.3 is 10.6 Å². The molecule has 0 saturated carbocycles. The zero-order chi connectivity index (χ0) is 15.5. The van der Waals surface area contributed by atoms with Gasteiger partial charge in [-0.15, -0.1) is 0 Å². The average molecular weight is 294 g/mol. The minimum Gasteiger partial charge on any atom is -0.366 e. The molecule has 0 aliphatic carbocycles. The van der Waals surface area contributed by atoms with Crippen molar-refractivity contribution in [2.24, 2.45) is 5.73 Å². The smallest absolute Gasteiger partial charge is 0.366 e. The van der Waals surface area contributed by atoms with Crippen LogP contribution in [-0.4, -0.2) is 13.6 Å². The van der Waals surface area contributed by atoms with E-state index in [1.807, 2.05) is 42.3 Å². The van der Waals surface area contributed by atoms with Crippen molar-refractivity contribution in [1.82, 2.24) is 0 Å². The molecule has 21 heavy (non-hydrogen) atoms. The van der Waals surface area contributed by atoms with E-state index >= 15 is 0 Å². The minimum atomic E-state index is -4.32. The molecular weight excluding hydrogens is 277 g/mol. The zero-order valence-corrected chi connectivity index (χ0v) is 11.6. The van der Waals surface area contributed by atoms with E-state index in [2.05, 4.69) is 0 Å². The Labute approximate surface area is 122 Å². The van der Waals surface area contributed by atoms with Crippen molar-refractivity contribution in [3.05, 3.63) is 65.7 Å². The van der Waals surface area contributed by atoms with E-state index in [0.29, 0.717) is 6.54 Å². The van der Waals surface area contributed by atoms with Crippen LogP contribution in [0.4, 0.5) is 18.9 Å². The second kappa shape index (κ2) is 6.18. The first-order chi connectivity index (χ1) is 9.93. The summed E-state index contributed by atoms with van der Waals surface area (Å²) in [4.78, 5) is 1.96. The molecule has 0 heterocycles. The van der Waals surface area contributed by atoms with E-state index in [4.69, 9.17) is 5.73 Å². The number of anilines is 1. The lowest BCUT2D eigenvalue weighted by atomic mass is 10.0. The third-order valence-electron chi connectivity index (χ3n) is 3.48. The second-order valence-electron chi connectivity index (χ2n) is 4.82. The molecule has 0 aromatic heterocycles. The summed E-state index contributed by atoms with van der Waals surface area (Å²) in [6.07, 6.45) is -4.32. The molecule has 0 spiro atoms. The molecule has 1 atom stereocenters. The molecule has 112 valence electrons. The maximum absolute atomic E-state index is 12.6. The number of nitrogens with two attached hydrogens (primary N) is 1. The fourth-order valence-electron chi connectivity index (χ4n) is 2.26. The third kappa shape index (κ3) is 3.55. The lowest BCUT2D eigenvalue weighted by Gasteiger charge is -2.29. The van der Waals surface area contributed by atoms with E-state index in [1.165, 1.54) is 12.1 Å². The molecule has 0 bridgehead atoms. The fraction of sp³-hybridized carbons (Fsp3) is 0.250. The van der Waals surface area contributed by atoms with Gasteiger partial charge in [-0.2, -0.15) is 13.2 Å². The van der Waals surface area contributed by atoms with Gasteiger partial charge in [-0.25, -0.2) is 0 Å². The molecule has 0 aliphatic rings. The van der Waals surface area contributed by atoms with Crippen molar-refractivity contribution >= 4 is 5.69 Å². The zero-order valence-electron chi connectivity index (χ0n) is 11.6. The lowest BCUT2D eigenvalue weighted by molar-refractivity contribution is -0.137. The topological polar surface area (TPSA) is 29.3 Å². The standard InChI is InChI=1S/C16H17F3N2/c1-21(14-5-3-2-4-6-14)15(11-20)12-7-9-13(10-8-12)16(17,18)19/h2-10,15H,11,20H2,1H3. The van der Waals surface area contributed by atoms with Crippen molar-refractivity contribution in [3.63, 3.8) is 0 Å². The van der Waals surface area contributed by atoms with Crippen molar-refractivity contribution < 1.29 is 13.2 Å². The maximum atomic E-state index is 12.6. The van der Waals surface area contributed by atoms with Gasteiger partial charge in [0.1, 0.15) is 0 Å². The van der Waals surface area contributed by atoms with Gasteiger partial charge in [-0.1, -0.05) is 30.3 Å². The number of alkyl halides is 3. The summed E-state index contributed by atoms with van der Waals surface area (Å²) >= 11 is 0. The molecular formula is C16H17F3N2. The Morgan fingerprint density at radius 3 is 2.05 bits per heavy atom. The molecule has 5 heteroatoms. The number of nitrogens with zero attached hydrogens (tertiary/aromatic N) is 1. The van der Waals surface area contributed by atoms with E-state index in [1.54, 1.807) is 0 Å². The van der Waals surface area contributed by atoms with Crippen LogP contribution in [0.15, 0.2) is 54.6 Å². The normalized spacial score (nSPS) is 13.0. The van der Waals surface area contributed by atoms with Crippen molar-refractivity contribution in [2.75, 3.05) is 18.5 Å². The first kappa shape index (κ1) is 15.4. The number of benzene rings is 2. The number of halogens is 3. The summed E-state index contributed by atoms with van der Waals surface area (Å²) in [5.41, 5.74) is 6.88. The summed E-state index contributed by atoms with van der Waals surface area (Å²) in [5, 5.41) is 0. The Morgan fingerprint density at radius 2 is 1.57 bits per heavy atom. The van der Waals surface area contributed by atoms with Gasteiger partial charge in [0.25, 0.3) is 0 Å². The number of likely N-dealkylation sites (N-methyl/N-ethyl adjacent to an activating group) is 1. The Morgan fingerprint density at radius 1 is 1.00 bits per heavy atom. The number of para-hydroxylation sites is 1. The quantitative estimate of drug-likeness (QED) is 0.928. The molecule has 2 nitrogen and oxygen atoms in total. The highest BCUT2D eigenvalue weighted by atomic mass is 19.4. The van der Waals surface area contributed by atoms with Gasteiger partial charge in [-0.05, 0) is 29.8 Å². The van der Waals surface area contributed by atoms with Gasteiger partial charge in [-0.3, -0.25) is 0 Å². The van der Waals surface area contributed by atoms with Gasteiger partial charge in [0.15, 0.2) is 0 Å². The maximum Gasteiger partial charge on any atom is 0.416 e. The van der Waals surface area contributed by atoms with Crippen molar-refractivity contribution in [1.29, 1.82) is 0 Å². The van der Waals surface area contributed by atoms with Gasteiger partial charge in [0, 0.05) is 19.3 Å². The summed E-state index contributed by atoms with van der Waals surface area (Å²) in [5.74, 6) is 0. The minimum absolute atomic E-state index is 0.172. The van der Waals surface area contributed by atoms with Crippen LogP contribution in [0, 0.1) is 0 Å².